The molecule has 1 aliphatic heterocycles. The number of hydrogen-bond acceptors (Lipinski definition) is 7. The van der Waals surface area contributed by atoms with Crippen LogP contribution < -0.4 is 0 Å². The molecule has 1 saturated heterocycles. The Morgan fingerprint density at radius 3 is 2.61 bits per heavy atom. The summed E-state index contributed by atoms with van der Waals surface area (Å²) in [5, 5.41) is 1.67. The van der Waals surface area contributed by atoms with Crippen LogP contribution in [0, 0.1) is 22.7 Å². The molecular formula is C21H28O6S. The first-order chi connectivity index (χ1) is 13.2. The lowest BCUT2D eigenvalue weighted by atomic mass is 9.61. The summed E-state index contributed by atoms with van der Waals surface area (Å²) in [6, 6.07) is 0. The zero-order chi connectivity index (χ0) is 20.7. The topological polar surface area (TPSA) is 78.9 Å². The molecule has 1 heterocycles. The van der Waals surface area contributed by atoms with Crippen molar-refractivity contribution < 1.29 is 28.6 Å². The van der Waals surface area contributed by atoms with Crippen molar-refractivity contribution in [2.24, 2.45) is 22.7 Å². The first-order valence-electron chi connectivity index (χ1n) is 9.59. The van der Waals surface area contributed by atoms with E-state index in [2.05, 4.69) is 20.4 Å². The van der Waals surface area contributed by atoms with Crippen LogP contribution in [0.1, 0.15) is 40.0 Å². The van der Waals surface area contributed by atoms with E-state index in [1.54, 1.807) is 5.41 Å². The van der Waals surface area contributed by atoms with Gasteiger partial charge in [0.25, 0.3) is 0 Å². The molecule has 0 amide bonds. The number of carbonyl (C=O) groups excluding carboxylic acids is 3. The predicted octanol–water partition coefficient (Wildman–Crippen LogP) is 3.26. The maximum atomic E-state index is 12.9. The van der Waals surface area contributed by atoms with Gasteiger partial charge in [0.1, 0.15) is 24.2 Å². The van der Waals surface area contributed by atoms with Crippen LogP contribution in [-0.2, 0) is 28.6 Å². The molecule has 2 aliphatic carbocycles. The summed E-state index contributed by atoms with van der Waals surface area (Å²) < 4.78 is 16.9. The Kier molecular flexibility index (Phi) is 5.67. The van der Waals surface area contributed by atoms with E-state index in [9.17, 15) is 14.4 Å². The van der Waals surface area contributed by atoms with Gasteiger partial charge < -0.3 is 14.2 Å². The van der Waals surface area contributed by atoms with Crippen molar-refractivity contribution in [3.05, 3.63) is 23.6 Å². The Balaban J connectivity index is 2.03. The Labute approximate surface area is 170 Å². The molecule has 7 heteroatoms. The van der Waals surface area contributed by atoms with E-state index >= 15 is 0 Å². The lowest BCUT2D eigenvalue weighted by molar-refractivity contribution is -0.172. The molecule has 1 spiro atoms. The molecule has 0 N–H and O–H groups in total. The minimum absolute atomic E-state index is 0.134. The van der Waals surface area contributed by atoms with E-state index in [4.69, 9.17) is 14.2 Å². The maximum Gasteiger partial charge on any atom is 0.331 e. The average Bonchev–Trinajstić information content (AvgIpc) is 3.06. The first kappa shape index (κ1) is 21.0. The standard InChI is InChI=1S/C21H28O6S/c1-12-6-7-15(27-16(23)8-9-28-5)17-18(26-14(3)22)21(11-20(12,17)4)13(2)10-25-19(21)24/h8-9,12,15,17-18H,2,6-7,10-11H2,1,3-5H3/b9-8+/t12-,15-,17+,18+,20+,21+/m1/s1. The highest BCUT2D eigenvalue weighted by molar-refractivity contribution is 8.01. The highest BCUT2D eigenvalue weighted by Crippen LogP contribution is 2.66. The van der Waals surface area contributed by atoms with Gasteiger partial charge in [0.05, 0.1) is 0 Å². The Hall–Kier alpha value is -1.76. The lowest BCUT2D eigenvalue weighted by Crippen LogP contribution is -2.50. The summed E-state index contributed by atoms with van der Waals surface area (Å²) in [6.07, 6.45) is 4.08. The smallest absolute Gasteiger partial charge is 0.331 e. The Morgan fingerprint density at radius 1 is 1.32 bits per heavy atom. The van der Waals surface area contributed by atoms with Crippen molar-refractivity contribution in [3.8, 4) is 0 Å². The van der Waals surface area contributed by atoms with Crippen molar-refractivity contribution in [3.63, 3.8) is 0 Å². The number of hydrogen-bond donors (Lipinski definition) is 0. The van der Waals surface area contributed by atoms with Crippen LogP contribution in [0.5, 0.6) is 0 Å². The highest BCUT2D eigenvalue weighted by atomic mass is 32.2. The molecule has 2 saturated carbocycles. The van der Waals surface area contributed by atoms with Crippen molar-refractivity contribution in [1.29, 1.82) is 0 Å². The van der Waals surface area contributed by atoms with Gasteiger partial charge in [-0.2, -0.15) is 0 Å². The number of esters is 3. The zero-order valence-corrected chi connectivity index (χ0v) is 17.7. The third kappa shape index (κ3) is 3.17. The second-order valence-electron chi connectivity index (χ2n) is 8.38. The quantitative estimate of drug-likeness (QED) is 0.306. The molecule has 0 radical (unpaired) electrons. The molecule has 28 heavy (non-hydrogen) atoms. The Bertz CT molecular complexity index is 712. The fraction of sp³-hybridized carbons (Fsp3) is 0.667. The third-order valence-electron chi connectivity index (χ3n) is 6.92. The molecule has 3 aliphatic rings. The monoisotopic (exact) mass is 408 g/mol. The SMILES string of the molecule is C=C1COC(=O)[C@@]12C[C@]1(C)[C@@H]([C@H](OC(=O)/C=C/SC)CC[C@H]1C)[C@@H]2OC(C)=O. The van der Waals surface area contributed by atoms with Crippen LogP contribution in [0.4, 0.5) is 0 Å². The molecule has 3 rings (SSSR count). The molecular weight excluding hydrogens is 380 g/mol. The minimum atomic E-state index is -1.07. The fourth-order valence-electron chi connectivity index (χ4n) is 5.38. The second-order valence-corrected chi connectivity index (χ2v) is 9.13. The summed E-state index contributed by atoms with van der Waals surface area (Å²) in [4.78, 5) is 37.1. The van der Waals surface area contributed by atoms with Gasteiger partial charge in [-0.15, -0.1) is 11.8 Å². The summed E-state index contributed by atoms with van der Waals surface area (Å²) >= 11 is 1.41. The first-order valence-corrected chi connectivity index (χ1v) is 10.9. The van der Waals surface area contributed by atoms with E-state index < -0.39 is 29.6 Å². The minimum Gasteiger partial charge on any atom is -0.461 e. The molecule has 6 atom stereocenters. The van der Waals surface area contributed by atoms with Gasteiger partial charge in [-0.25, -0.2) is 4.79 Å². The number of thioether (sulfide) groups is 1. The van der Waals surface area contributed by atoms with Crippen LogP contribution in [0.3, 0.4) is 0 Å². The average molecular weight is 409 g/mol. The van der Waals surface area contributed by atoms with Gasteiger partial charge in [0, 0.05) is 18.9 Å². The third-order valence-corrected chi connectivity index (χ3v) is 7.33. The number of rotatable bonds is 4. The summed E-state index contributed by atoms with van der Waals surface area (Å²) in [7, 11) is 0. The number of cyclic esters (lactones) is 1. The van der Waals surface area contributed by atoms with Crippen molar-refractivity contribution in [2.45, 2.75) is 52.2 Å². The molecule has 0 unspecified atom stereocenters. The summed E-state index contributed by atoms with van der Waals surface area (Å²) in [5.41, 5.74) is -0.776. The molecule has 3 fully saturated rings. The van der Waals surface area contributed by atoms with Crippen molar-refractivity contribution in [1.82, 2.24) is 0 Å². The van der Waals surface area contributed by atoms with Crippen LogP contribution in [0.15, 0.2) is 23.6 Å². The van der Waals surface area contributed by atoms with E-state index in [1.165, 1.54) is 24.8 Å². The Morgan fingerprint density at radius 2 is 2.04 bits per heavy atom. The van der Waals surface area contributed by atoms with Gasteiger partial charge in [-0.1, -0.05) is 20.4 Å². The van der Waals surface area contributed by atoms with Crippen molar-refractivity contribution >= 4 is 29.7 Å². The van der Waals surface area contributed by atoms with E-state index in [-0.39, 0.29) is 29.8 Å². The van der Waals surface area contributed by atoms with Crippen LogP contribution in [0.2, 0.25) is 0 Å². The van der Waals surface area contributed by atoms with Gasteiger partial charge >= 0.3 is 17.9 Å². The molecule has 6 nitrogen and oxygen atoms in total. The number of ether oxygens (including phenoxy) is 3. The molecule has 0 aromatic heterocycles. The lowest BCUT2D eigenvalue weighted by Gasteiger charge is -2.46. The van der Waals surface area contributed by atoms with Crippen LogP contribution in [0.25, 0.3) is 0 Å². The van der Waals surface area contributed by atoms with E-state index in [1.807, 2.05) is 6.26 Å². The van der Waals surface area contributed by atoms with Crippen LogP contribution >= 0.6 is 11.8 Å². The summed E-state index contributed by atoms with van der Waals surface area (Å²) in [6.45, 7) is 9.79. The molecule has 0 aromatic carbocycles. The molecule has 154 valence electrons. The fourth-order valence-corrected chi connectivity index (χ4v) is 5.63. The van der Waals surface area contributed by atoms with Gasteiger partial charge in [0.15, 0.2) is 0 Å². The van der Waals surface area contributed by atoms with Crippen molar-refractivity contribution in [2.75, 3.05) is 12.9 Å². The number of fused-ring (bicyclic) bond motifs is 1. The normalized spacial score (nSPS) is 39.9. The zero-order valence-electron chi connectivity index (χ0n) is 16.9. The summed E-state index contributed by atoms with van der Waals surface area (Å²) in [5.74, 6) is -1.31. The number of carbonyl (C=O) groups is 3. The predicted molar refractivity (Wildman–Crippen MR) is 105 cm³/mol. The van der Waals surface area contributed by atoms with E-state index in [0.717, 1.165) is 6.42 Å². The molecule has 0 bridgehead atoms. The van der Waals surface area contributed by atoms with E-state index in [0.29, 0.717) is 18.4 Å². The van der Waals surface area contributed by atoms with Gasteiger partial charge in [0.2, 0.25) is 0 Å². The molecule has 0 aromatic rings. The van der Waals surface area contributed by atoms with Crippen LogP contribution in [-0.4, -0.2) is 43.0 Å². The van der Waals surface area contributed by atoms with Gasteiger partial charge in [-0.05, 0) is 47.8 Å². The second kappa shape index (κ2) is 7.58. The largest absolute Gasteiger partial charge is 0.461 e. The van der Waals surface area contributed by atoms with Gasteiger partial charge in [-0.3, -0.25) is 9.59 Å². The highest BCUT2D eigenvalue weighted by Gasteiger charge is 2.71. The maximum absolute atomic E-state index is 12.9.